The molecule has 1 aromatic rings. The number of amides is 1. The number of carbonyl (C=O) groups is 1. The summed E-state index contributed by atoms with van der Waals surface area (Å²) in [6, 6.07) is 4.11. The van der Waals surface area contributed by atoms with E-state index in [1.54, 1.807) is 12.1 Å². The summed E-state index contributed by atoms with van der Waals surface area (Å²) in [5.41, 5.74) is 7.43. The fraction of sp³-hybridized carbons (Fsp3) is 0.364. The maximum Gasteiger partial charge on any atom is 0.261 e. The monoisotopic (exact) mass is 255 g/mol. The van der Waals surface area contributed by atoms with E-state index in [2.05, 4.69) is 5.32 Å². The van der Waals surface area contributed by atoms with Gasteiger partial charge in [0.15, 0.2) is 0 Å². The molecule has 0 saturated heterocycles. The number of methoxy groups -OCH3 is 1. The summed E-state index contributed by atoms with van der Waals surface area (Å²) in [5.74, 6) is -0.0726. The lowest BCUT2D eigenvalue weighted by molar-refractivity contribution is -0.131. The first-order chi connectivity index (χ1) is 8.63. The molecular formula is C11H17N3O4. The third kappa shape index (κ3) is 3.33. The van der Waals surface area contributed by atoms with Crippen molar-refractivity contribution in [2.75, 3.05) is 13.7 Å². The van der Waals surface area contributed by atoms with Crippen LogP contribution in [0.4, 0.5) is 0 Å². The van der Waals surface area contributed by atoms with Crippen LogP contribution in [0.3, 0.4) is 0 Å². The van der Waals surface area contributed by atoms with E-state index < -0.39 is 11.9 Å². The molecule has 1 atom stereocenters. The van der Waals surface area contributed by atoms with Gasteiger partial charge >= 0.3 is 0 Å². The minimum atomic E-state index is -0.751. The lowest BCUT2D eigenvalue weighted by Crippen LogP contribution is -2.47. The van der Waals surface area contributed by atoms with Gasteiger partial charge in [-0.3, -0.25) is 10.0 Å². The van der Waals surface area contributed by atoms with Gasteiger partial charge in [0.25, 0.3) is 5.91 Å². The quantitative estimate of drug-likeness (QED) is 0.340. The zero-order valence-electron chi connectivity index (χ0n) is 10.0. The Morgan fingerprint density at radius 1 is 1.56 bits per heavy atom. The molecule has 0 spiro atoms. The number of rotatable bonds is 6. The van der Waals surface area contributed by atoms with Gasteiger partial charge < -0.3 is 20.9 Å². The molecule has 7 nitrogen and oxygen atoms in total. The molecule has 100 valence electrons. The van der Waals surface area contributed by atoms with E-state index in [1.165, 1.54) is 18.7 Å². The molecule has 0 aliphatic heterocycles. The molecule has 0 aliphatic rings. The fourth-order valence-electron chi connectivity index (χ4n) is 1.51. The first-order valence-electron chi connectivity index (χ1n) is 5.36. The maximum atomic E-state index is 11.2. The molecule has 0 fully saturated rings. The van der Waals surface area contributed by atoms with E-state index >= 15 is 0 Å². The molecule has 1 aromatic carbocycles. The lowest BCUT2D eigenvalue weighted by atomic mass is 10.1. The number of hydrogen-bond donors (Lipinski definition) is 5. The molecule has 7 heteroatoms. The highest BCUT2D eigenvalue weighted by Gasteiger charge is 2.17. The summed E-state index contributed by atoms with van der Waals surface area (Å²) >= 11 is 0. The Bertz CT molecular complexity index is 411. The number of phenolic OH excluding ortho intramolecular Hbond substituents is 1. The number of benzene rings is 1. The highest BCUT2D eigenvalue weighted by Crippen LogP contribution is 2.26. The first kappa shape index (κ1) is 14.2. The predicted molar refractivity (Wildman–Crippen MR) is 64.3 cm³/mol. The van der Waals surface area contributed by atoms with Crippen LogP contribution in [0.2, 0.25) is 0 Å². The smallest absolute Gasteiger partial charge is 0.261 e. The molecule has 1 amide bonds. The zero-order valence-corrected chi connectivity index (χ0v) is 10.0. The highest BCUT2D eigenvalue weighted by atomic mass is 16.5. The second-order valence-electron chi connectivity index (χ2n) is 3.60. The predicted octanol–water partition coefficient (Wildman–Crippen LogP) is -0.677. The molecule has 0 bridgehead atoms. The number of carbonyl (C=O) groups excluding carboxylic acids is 1. The Morgan fingerprint density at radius 2 is 2.28 bits per heavy atom. The molecule has 1 rings (SSSR count). The number of nitrogens with two attached hydrogens (primary N) is 1. The van der Waals surface area contributed by atoms with Crippen LogP contribution in [0.1, 0.15) is 5.56 Å². The zero-order chi connectivity index (χ0) is 13.5. The molecule has 0 unspecified atom stereocenters. The van der Waals surface area contributed by atoms with Crippen LogP contribution < -0.4 is 21.3 Å². The number of ether oxygens (including phenoxy) is 1. The van der Waals surface area contributed by atoms with Gasteiger partial charge in [-0.05, 0) is 12.1 Å². The fourth-order valence-corrected chi connectivity index (χ4v) is 1.51. The van der Waals surface area contributed by atoms with Crippen LogP contribution >= 0.6 is 0 Å². The number of nitrogens with one attached hydrogen (secondary N) is 2. The van der Waals surface area contributed by atoms with Crippen molar-refractivity contribution in [3.8, 4) is 11.5 Å². The first-order valence-corrected chi connectivity index (χ1v) is 5.36. The van der Waals surface area contributed by atoms with Crippen molar-refractivity contribution in [1.29, 1.82) is 0 Å². The second kappa shape index (κ2) is 6.80. The van der Waals surface area contributed by atoms with Crippen LogP contribution in [-0.2, 0) is 11.3 Å². The Hall–Kier alpha value is -1.83. The lowest BCUT2D eigenvalue weighted by Gasteiger charge is -2.16. The number of hydroxylamine groups is 1. The Kier molecular flexibility index (Phi) is 5.37. The Balaban J connectivity index is 2.76. The van der Waals surface area contributed by atoms with Gasteiger partial charge in [0.05, 0.1) is 7.11 Å². The number of aromatic hydroxyl groups is 1. The van der Waals surface area contributed by atoms with Gasteiger partial charge in [-0.2, -0.15) is 0 Å². The van der Waals surface area contributed by atoms with Crippen molar-refractivity contribution < 1.29 is 19.8 Å². The molecule has 6 N–H and O–H groups in total. The topological polar surface area (TPSA) is 117 Å². The average Bonchev–Trinajstić information content (AvgIpc) is 2.40. The summed E-state index contributed by atoms with van der Waals surface area (Å²) in [4.78, 5) is 11.2. The van der Waals surface area contributed by atoms with Crippen LogP contribution in [0.15, 0.2) is 18.2 Å². The van der Waals surface area contributed by atoms with Crippen molar-refractivity contribution >= 4 is 5.91 Å². The van der Waals surface area contributed by atoms with Gasteiger partial charge in [0.1, 0.15) is 17.5 Å². The van der Waals surface area contributed by atoms with E-state index in [1.807, 2.05) is 0 Å². The minimum absolute atomic E-state index is 0.0162. The third-order valence-electron chi connectivity index (χ3n) is 2.52. The molecular weight excluding hydrogens is 238 g/mol. The normalized spacial score (nSPS) is 11.9. The molecule has 0 aromatic heterocycles. The number of hydrogen-bond acceptors (Lipinski definition) is 6. The van der Waals surface area contributed by atoms with Crippen molar-refractivity contribution in [2.45, 2.75) is 12.6 Å². The third-order valence-corrected chi connectivity index (χ3v) is 2.52. The molecule has 0 radical (unpaired) electrons. The minimum Gasteiger partial charge on any atom is -0.507 e. The van der Waals surface area contributed by atoms with Gasteiger partial charge in [-0.1, -0.05) is 6.07 Å². The SMILES string of the molecule is COc1cccc(O)c1CN[C@@H](CN)C(=O)NO. The standard InChI is InChI=1S/C11H17N3O4/c1-18-10-4-2-3-9(15)7(10)6-13-8(5-12)11(16)14-17/h2-4,8,13,15,17H,5-6,12H2,1H3,(H,14,16)/t8-/m0/s1. The maximum absolute atomic E-state index is 11.2. The highest BCUT2D eigenvalue weighted by molar-refractivity contribution is 5.80. The van der Waals surface area contributed by atoms with E-state index in [0.717, 1.165) is 0 Å². The Labute approximate surface area is 105 Å². The summed E-state index contributed by atoms with van der Waals surface area (Å²) in [7, 11) is 1.49. The van der Waals surface area contributed by atoms with Gasteiger partial charge in [0.2, 0.25) is 0 Å². The van der Waals surface area contributed by atoms with Crippen molar-refractivity contribution in [3.05, 3.63) is 23.8 Å². The van der Waals surface area contributed by atoms with Crippen LogP contribution in [-0.4, -0.2) is 35.9 Å². The molecule has 0 heterocycles. The Morgan fingerprint density at radius 3 is 2.83 bits per heavy atom. The van der Waals surface area contributed by atoms with Crippen LogP contribution in [0.5, 0.6) is 11.5 Å². The summed E-state index contributed by atoms with van der Waals surface area (Å²) in [5, 5.41) is 21.0. The summed E-state index contributed by atoms with van der Waals surface area (Å²) in [6.45, 7) is 0.202. The van der Waals surface area contributed by atoms with Gasteiger partial charge in [-0.25, -0.2) is 5.48 Å². The molecule has 0 saturated carbocycles. The van der Waals surface area contributed by atoms with Crippen LogP contribution in [0, 0.1) is 0 Å². The van der Waals surface area contributed by atoms with E-state index in [4.69, 9.17) is 15.7 Å². The van der Waals surface area contributed by atoms with E-state index in [-0.39, 0.29) is 18.8 Å². The average molecular weight is 255 g/mol. The molecule has 18 heavy (non-hydrogen) atoms. The molecule has 0 aliphatic carbocycles. The summed E-state index contributed by atoms with van der Waals surface area (Å²) < 4.78 is 5.10. The van der Waals surface area contributed by atoms with E-state index in [0.29, 0.717) is 11.3 Å². The van der Waals surface area contributed by atoms with Crippen molar-refractivity contribution in [3.63, 3.8) is 0 Å². The largest absolute Gasteiger partial charge is 0.507 e. The van der Waals surface area contributed by atoms with Gasteiger partial charge in [0, 0.05) is 18.7 Å². The van der Waals surface area contributed by atoms with E-state index in [9.17, 15) is 9.90 Å². The second-order valence-corrected chi connectivity index (χ2v) is 3.60. The van der Waals surface area contributed by atoms with Gasteiger partial charge in [-0.15, -0.1) is 0 Å². The van der Waals surface area contributed by atoms with Crippen molar-refractivity contribution in [2.24, 2.45) is 5.73 Å². The van der Waals surface area contributed by atoms with Crippen molar-refractivity contribution in [1.82, 2.24) is 10.8 Å². The summed E-state index contributed by atoms with van der Waals surface area (Å²) in [6.07, 6.45) is 0. The number of phenols is 1. The van der Waals surface area contributed by atoms with Crippen LogP contribution in [0.25, 0.3) is 0 Å².